The van der Waals surface area contributed by atoms with Crippen molar-refractivity contribution in [3.63, 3.8) is 0 Å². The largest absolute Gasteiger partial charge is 0.395 e. The van der Waals surface area contributed by atoms with Crippen LogP contribution in [0.3, 0.4) is 0 Å². The van der Waals surface area contributed by atoms with E-state index in [1.807, 2.05) is 30.3 Å². The second-order valence-electron chi connectivity index (χ2n) is 5.17. The van der Waals surface area contributed by atoms with E-state index < -0.39 is 0 Å². The van der Waals surface area contributed by atoms with Crippen molar-refractivity contribution in [3.05, 3.63) is 35.9 Å². The number of carbonyl (C=O) groups excluding carboxylic acids is 1. The lowest BCUT2D eigenvalue weighted by molar-refractivity contribution is -0.136. The van der Waals surface area contributed by atoms with E-state index in [9.17, 15) is 4.79 Å². The molecule has 0 radical (unpaired) electrons. The smallest absolute Gasteiger partial charge is 0.227 e. The molecule has 19 heavy (non-hydrogen) atoms. The first-order valence-electron chi connectivity index (χ1n) is 6.91. The van der Waals surface area contributed by atoms with Crippen LogP contribution in [0.1, 0.15) is 24.8 Å². The maximum atomic E-state index is 12.5. The fraction of sp³-hybridized carbons (Fsp3) is 0.533. The third kappa shape index (κ3) is 3.55. The number of nitrogens with two attached hydrogens (primary N) is 1. The van der Waals surface area contributed by atoms with Gasteiger partial charge in [-0.1, -0.05) is 36.8 Å². The van der Waals surface area contributed by atoms with Gasteiger partial charge < -0.3 is 15.7 Å². The number of rotatable bonds is 5. The van der Waals surface area contributed by atoms with E-state index in [-0.39, 0.29) is 24.5 Å². The van der Waals surface area contributed by atoms with Crippen LogP contribution in [0.25, 0.3) is 0 Å². The van der Waals surface area contributed by atoms with Crippen molar-refractivity contribution in [2.24, 2.45) is 11.7 Å². The third-order valence-electron chi connectivity index (χ3n) is 3.78. The Hall–Kier alpha value is -1.39. The van der Waals surface area contributed by atoms with Gasteiger partial charge in [0.1, 0.15) is 0 Å². The summed E-state index contributed by atoms with van der Waals surface area (Å²) < 4.78 is 0. The number of nitrogens with zero attached hydrogens (tertiary/aromatic N) is 1. The van der Waals surface area contributed by atoms with Gasteiger partial charge in [0, 0.05) is 19.1 Å². The average molecular weight is 262 g/mol. The maximum absolute atomic E-state index is 12.5. The zero-order valence-electron chi connectivity index (χ0n) is 11.2. The summed E-state index contributed by atoms with van der Waals surface area (Å²) in [4.78, 5) is 14.2. The standard InChI is InChI=1S/C15H22N2O2/c16-14-8-4-7-13(14)15(19)17(9-10-18)11-12-5-2-1-3-6-12/h1-3,5-6,13-14,18H,4,7-11,16H2. The molecule has 2 unspecified atom stereocenters. The molecule has 104 valence electrons. The minimum absolute atomic E-state index is 0.0134. The van der Waals surface area contributed by atoms with Crippen LogP contribution < -0.4 is 5.73 Å². The summed E-state index contributed by atoms with van der Waals surface area (Å²) in [5.74, 6) is 0.0122. The molecular formula is C15H22N2O2. The van der Waals surface area contributed by atoms with Crippen LogP contribution in [0.15, 0.2) is 30.3 Å². The Morgan fingerprint density at radius 1 is 1.32 bits per heavy atom. The lowest BCUT2D eigenvalue weighted by Gasteiger charge is -2.26. The highest BCUT2D eigenvalue weighted by Crippen LogP contribution is 2.26. The minimum Gasteiger partial charge on any atom is -0.395 e. The zero-order chi connectivity index (χ0) is 13.7. The first kappa shape index (κ1) is 14.0. The number of hydrogen-bond acceptors (Lipinski definition) is 3. The molecule has 0 heterocycles. The van der Waals surface area contributed by atoms with Crippen molar-refractivity contribution in [1.82, 2.24) is 4.90 Å². The number of amides is 1. The Labute approximate surface area is 114 Å². The molecule has 4 nitrogen and oxygen atoms in total. The monoisotopic (exact) mass is 262 g/mol. The molecule has 0 bridgehead atoms. The highest BCUT2D eigenvalue weighted by molar-refractivity contribution is 5.80. The Bertz CT molecular complexity index is 408. The summed E-state index contributed by atoms with van der Waals surface area (Å²) in [6.45, 7) is 0.904. The average Bonchev–Trinajstić information content (AvgIpc) is 2.85. The minimum atomic E-state index is -0.0738. The summed E-state index contributed by atoms with van der Waals surface area (Å²) in [5.41, 5.74) is 7.08. The van der Waals surface area contributed by atoms with Gasteiger partial charge in [-0.25, -0.2) is 0 Å². The summed E-state index contributed by atoms with van der Waals surface area (Å²) in [7, 11) is 0. The summed E-state index contributed by atoms with van der Waals surface area (Å²) in [5, 5.41) is 9.15. The van der Waals surface area contributed by atoms with Crippen molar-refractivity contribution in [2.75, 3.05) is 13.2 Å². The van der Waals surface area contributed by atoms with Crippen LogP contribution in [0.4, 0.5) is 0 Å². The van der Waals surface area contributed by atoms with E-state index in [0.29, 0.717) is 13.1 Å². The topological polar surface area (TPSA) is 66.6 Å². The molecule has 1 fully saturated rings. The second-order valence-corrected chi connectivity index (χ2v) is 5.17. The molecule has 0 saturated heterocycles. The van der Waals surface area contributed by atoms with Gasteiger partial charge in [0.15, 0.2) is 0 Å². The van der Waals surface area contributed by atoms with Crippen LogP contribution >= 0.6 is 0 Å². The number of aliphatic hydroxyl groups is 1. The maximum Gasteiger partial charge on any atom is 0.227 e. The Morgan fingerprint density at radius 2 is 2.05 bits per heavy atom. The van der Waals surface area contributed by atoms with Crippen LogP contribution in [0.2, 0.25) is 0 Å². The quantitative estimate of drug-likeness (QED) is 0.836. The summed E-state index contributed by atoms with van der Waals surface area (Å²) >= 11 is 0. The molecule has 0 spiro atoms. The zero-order valence-corrected chi connectivity index (χ0v) is 11.2. The van der Waals surface area contributed by atoms with Crippen LogP contribution in [-0.2, 0) is 11.3 Å². The van der Waals surface area contributed by atoms with E-state index in [2.05, 4.69) is 0 Å². The SMILES string of the molecule is NC1CCCC1C(=O)N(CCO)Cc1ccccc1. The third-order valence-corrected chi connectivity index (χ3v) is 3.78. The lowest BCUT2D eigenvalue weighted by Crippen LogP contribution is -2.42. The van der Waals surface area contributed by atoms with Gasteiger partial charge in [-0.3, -0.25) is 4.79 Å². The Kier molecular flexibility index (Phi) is 4.93. The number of aliphatic hydroxyl groups excluding tert-OH is 1. The first-order valence-corrected chi connectivity index (χ1v) is 6.91. The normalized spacial score (nSPS) is 22.4. The van der Waals surface area contributed by atoms with Gasteiger partial charge in [-0.05, 0) is 18.4 Å². The second kappa shape index (κ2) is 6.68. The van der Waals surface area contributed by atoms with Crippen molar-refractivity contribution in [1.29, 1.82) is 0 Å². The van der Waals surface area contributed by atoms with Gasteiger partial charge in [-0.15, -0.1) is 0 Å². The highest BCUT2D eigenvalue weighted by Gasteiger charge is 2.33. The van der Waals surface area contributed by atoms with Crippen LogP contribution in [0, 0.1) is 5.92 Å². The van der Waals surface area contributed by atoms with Crippen LogP contribution in [0.5, 0.6) is 0 Å². The summed E-state index contributed by atoms with van der Waals surface area (Å²) in [6.07, 6.45) is 2.82. The molecule has 1 aromatic rings. The fourth-order valence-corrected chi connectivity index (χ4v) is 2.72. The molecule has 0 aromatic heterocycles. The molecule has 1 aliphatic carbocycles. The molecule has 4 heteroatoms. The summed E-state index contributed by atoms with van der Waals surface area (Å²) in [6, 6.07) is 9.83. The number of hydrogen-bond donors (Lipinski definition) is 2. The van der Waals surface area contributed by atoms with Gasteiger partial charge in [0.05, 0.1) is 12.5 Å². The fourth-order valence-electron chi connectivity index (χ4n) is 2.72. The highest BCUT2D eigenvalue weighted by atomic mass is 16.3. The first-order chi connectivity index (χ1) is 9.22. The van der Waals surface area contributed by atoms with Gasteiger partial charge in [0.2, 0.25) is 5.91 Å². The lowest BCUT2D eigenvalue weighted by atomic mass is 10.0. The van der Waals surface area contributed by atoms with E-state index in [1.54, 1.807) is 4.90 Å². The van der Waals surface area contributed by atoms with Crippen molar-refractivity contribution in [3.8, 4) is 0 Å². The van der Waals surface area contributed by atoms with E-state index in [1.165, 1.54) is 0 Å². The van der Waals surface area contributed by atoms with E-state index >= 15 is 0 Å². The Morgan fingerprint density at radius 3 is 2.63 bits per heavy atom. The molecule has 3 N–H and O–H groups in total. The molecule has 1 amide bonds. The number of carbonyl (C=O) groups is 1. The molecule has 1 aliphatic rings. The Balaban J connectivity index is 2.04. The molecule has 2 rings (SSSR count). The predicted octanol–water partition coefficient (Wildman–Crippen LogP) is 1.13. The van der Waals surface area contributed by atoms with E-state index in [0.717, 1.165) is 24.8 Å². The predicted molar refractivity (Wildman–Crippen MR) is 74.3 cm³/mol. The van der Waals surface area contributed by atoms with Gasteiger partial charge in [-0.2, -0.15) is 0 Å². The van der Waals surface area contributed by atoms with Gasteiger partial charge in [0.25, 0.3) is 0 Å². The van der Waals surface area contributed by atoms with E-state index in [4.69, 9.17) is 10.8 Å². The van der Waals surface area contributed by atoms with Crippen LogP contribution in [-0.4, -0.2) is 35.1 Å². The van der Waals surface area contributed by atoms with Crippen molar-refractivity contribution >= 4 is 5.91 Å². The van der Waals surface area contributed by atoms with Crippen molar-refractivity contribution < 1.29 is 9.90 Å². The molecule has 1 aromatic carbocycles. The molecule has 2 atom stereocenters. The molecule has 1 saturated carbocycles. The molecule has 0 aliphatic heterocycles. The van der Waals surface area contributed by atoms with Crippen molar-refractivity contribution in [2.45, 2.75) is 31.8 Å². The van der Waals surface area contributed by atoms with Gasteiger partial charge >= 0.3 is 0 Å². The number of benzene rings is 1. The molecular weight excluding hydrogens is 240 g/mol.